The third-order valence-electron chi connectivity index (χ3n) is 3.43. The highest BCUT2D eigenvalue weighted by molar-refractivity contribution is 5.87. The van der Waals surface area contributed by atoms with Crippen molar-refractivity contribution in [1.29, 1.82) is 0 Å². The lowest BCUT2D eigenvalue weighted by molar-refractivity contribution is -0.146. The third kappa shape index (κ3) is 9.69. The lowest BCUT2D eigenvalue weighted by Gasteiger charge is -2.26. The first-order valence-electron chi connectivity index (χ1n) is 8.23. The first-order chi connectivity index (χ1) is 12.7. The molecule has 1 rings (SSSR count). The minimum absolute atomic E-state index is 0.229. The molecule has 0 spiro atoms. The summed E-state index contributed by atoms with van der Waals surface area (Å²) in [5.74, 6) is -0.950. The fourth-order valence-electron chi connectivity index (χ4n) is 1.48. The van der Waals surface area contributed by atoms with Crippen molar-refractivity contribution >= 4 is 11.9 Å². The third-order valence-corrected chi connectivity index (χ3v) is 3.43. The molecule has 0 unspecified atom stereocenters. The van der Waals surface area contributed by atoms with Gasteiger partial charge in [-0.15, -0.1) is 0 Å². The maximum Gasteiger partial charge on any atom is 0.333 e. The van der Waals surface area contributed by atoms with Crippen LogP contribution in [0.1, 0.15) is 19.4 Å². The molecule has 1 aromatic carbocycles. The van der Waals surface area contributed by atoms with Gasteiger partial charge in [0.05, 0.1) is 25.2 Å². The highest BCUT2D eigenvalue weighted by Gasteiger charge is 2.30. The SMILES string of the molecule is C=C(C)C(=O)OCC(CO)(CO)CO.C=C(C)C(=O)OCc1ccccc1. The Bertz CT molecular complexity index is 610. The topological polar surface area (TPSA) is 113 Å². The van der Waals surface area contributed by atoms with E-state index in [1.807, 2.05) is 30.3 Å². The second kappa shape index (κ2) is 12.8. The first-order valence-corrected chi connectivity index (χ1v) is 8.23. The predicted molar refractivity (Wildman–Crippen MR) is 101 cm³/mol. The number of hydrogen-bond donors (Lipinski definition) is 3. The van der Waals surface area contributed by atoms with Crippen LogP contribution in [0.4, 0.5) is 0 Å². The summed E-state index contributed by atoms with van der Waals surface area (Å²) in [6.45, 7) is 8.70. The van der Waals surface area contributed by atoms with Gasteiger partial charge in [-0.05, 0) is 19.4 Å². The van der Waals surface area contributed by atoms with Crippen LogP contribution in [0.3, 0.4) is 0 Å². The Morgan fingerprint density at radius 2 is 1.33 bits per heavy atom. The van der Waals surface area contributed by atoms with E-state index >= 15 is 0 Å². The van der Waals surface area contributed by atoms with Gasteiger partial charge in [-0.2, -0.15) is 0 Å². The van der Waals surface area contributed by atoms with Gasteiger partial charge in [0.15, 0.2) is 0 Å². The maximum absolute atomic E-state index is 11.0. The van der Waals surface area contributed by atoms with Gasteiger partial charge in [0, 0.05) is 11.1 Å². The smallest absolute Gasteiger partial charge is 0.333 e. The number of ether oxygens (including phenoxy) is 2. The van der Waals surface area contributed by atoms with Crippen molar-refractivity contribution in [2.24, 2.45) is 5.41 Å². The van der Waals surface area contributed by atoms with Crippen molar-refractivity contribution in [3.8, 4) is 0 Å². The average Bonchev–Trinajstić information content (AvgIpc) is 2.68. The minimum atomic E-state index is -1.18. The molecular weight excluding hydrogens is 352 g/mol. The van der Waals surface area contributed by atoms with Crippen molar-refractivity contribution in [2.45, 2.75) is 20.5 Å². The highest BCUT2D eigenvalue weighted by Crippen LogP contribution is 2.15. The Kier molecular flexibility index (Phi) is 11.6. The largest absolute Gasteiger partial charge is 0.461 e. The van der Waals surface area contributed by atoms with Crippen LogP contribution in [0.25, 0.3) is 0 Å². The summed E-state index contributed by atoms with van der Waals surface area (Å²) < 4.78 is 9.67. The van der Waals surface area contributed by atoms with E-state index in [0.29, 0.717) is 12.2 Å². The van der Waals surface area contributed by atoms with Gasteiger partial charge in [0.1, 0.15) is 13.2 Å². The van der Waals surface area contributed by atoms with Gasteiger partial charge in [0.2, 0.25) is 0 Å². The van der Waals surface area contributed by atoms with E-state index < -0.39 is 31.2 Å². The van der Waals surface area contributed by atoms with Crippen molar-refractivity contribution in [3.63, 3.8) is 0 Å². The molecule has 1 aromatic rings. The molecule has 0 saturated heterocycles. The number of aliphatic hydroxyl groups excluding tert-OH is 3. The molecule has 0 radical (unpaired) electrons. The standard InChI is InChI=1S/C11H12O2.C9H16O5/c1-9(2)11(12)13-8-10-6-4-3-5-7-10;1-7(2)8(13)14-6-9(3-10,4-11)5-12/h3-7H,1,8H2,2H3;10-12H,1,3-6H2,2H3. The fourth-order valence-corrected chi connectivity index (χ4v) is 1.48. The molecule has 0 saturated carbocycles. The van der Waals surface area contributed by atoms with Gasteiger partial charge in [-0.1, -0.05) is 43.5 Å². The molecule has 150 valence electrons. The molecule has 0 fully saturated rings. The second-order valence-electron chi connectivity index (χ2n) is 6.17. The molecule has 0 heterocycles. The molecule has 0 aliphatic heterocycles. The zero-order valence-electron chi connectivity index (χ0n) is 15.8. The Balaban J connectivity index is 0.000000501. The van der Waals surface area contributed by atoms with Crippen LogP contribution in [0.5, 0.6) is 0 Å². The van der Waals surface area contributed by atoms with E-state index in [2.05, 4.69) is 13.2 Å². The number of rotatable bonds is 9. The molecule has 0 aliphatic rings. The van der Waals surface area contributed by atoms with Crippen LogP contribution < -0.4 is 0 Å². The molecule has 0 atom stereocenters. The highest BCUT2D eigenvalue weighted by atomic mass is 16.5. The summed E-state index contributed by atoms with van der Waals surface area (Å²) in [5.41, 5.74) is 0.464. The molecule has 0 aromatic heterocycles. The van der Waals surface area contributed by atoms with E-state index in [0.717, 1.165) is 5.56 Å². The van der Waals surface area contributed by atoms with Crippen LogP contribution in [0.2, 0.25) is 0 Å². The van der Waals surface area contributed by atoms with E-state index in [1.54, 1.807) is 6.92 Å². The van der Waals surface area contributed by atoms with Crippen molar-refractivity contribution in [2.75, 3.05) is 26.4 Å². The van der Waals surface area contributed by atoms with E-state index in [4.69, 9.17) is 24.8 Å². The fraction of sp³-hybridized carbons (Fsp3) is 0.400. The number of carbonyl (C=O) groups excluding carboxylic acids is 2. The second-order valence-corrected chi connectivity index (χ2v) is 6.17. The number of esters is 2. The normalized spacial score (nSPS) is 10.3. The van der Waals surface area contributed by atoms with Gasteiger partial charge in [-0.25, -0.2) is 9.59 Å². The van der Waals surface area contributed by atoms with Gasteiger partial charge in [0.25, 0.3) is 0 Å². The van der Waals surface area contributed by atoms with Crippen LogP contribution in [-0.4, -0.2) is 53.7 Å². The Morgan fingerprint density at radius 3 is 1.74 bits per heavy atom. The van der Waals surface area contributed by atoms with E-state index in [1.165, 1.54) is 6.92 Å². The minimum Gasteiger partial charge on any atom is -0.461 e. The van der Waals surface area contributed by atoms with Crippen LogP contribution >= 0.6 is 0 Å². The Labute approximate surface area is 159 Å². The summed E-state index contributed by atoms with van der Waals surface area (Å²) in [7, 11) is 0. The van der Waals surface area contributed by atoms with Gasteiger partial charge >= 0.3 is 11.9 Å². The van der Waals surface area contributed by atoms with Gasteiger partial charge in [-0.3, -0.25) is 0 Å². The Morgan fingerprint density at radius 1 is 0.889 bits per heavy atom. The molecule has 0 aliphatic carbocycles. The zero-order chi connectivity index (χ0) is 20.9. The summed E-state index contributed by atoms with van der Waals surface area (Å²) in [4.78, 5) is 22.0. The lowest BCUT2D eigenvalue weighted by Crippen LogP contribution is -2.39. The first kappa shape index (κ1) is 24.5. The molecular formula is C20H28O7. The van der Waals surface area contributed by atoms with Crippen molar-refractivity contribution < 1.29 is 34.4 Å². The quantitative estimate of drug-likeness (QED) is 0.438. The summed E-state index contributed by atoms with van der Waals surface area (Å²) in [6, 6.07) is 9.55. The predicted octanol–water partition coefficient (Wildman–Crippen LogP) is 1.37. The lowest BCUT2D eigenvalue weighted by atomic mass is 9.93. The van der Waals surface area contributed by atoms with E-state index in [9.17, 15) is 9.59 Å². The van der Waals surface area contributed by atoms with E-state index in [-0.39, 0.29) is 18.1 Å². The molecule has 7 nitrogen and oxygen atoms in total. The molecule has 0 bridgehead atoms. The van der Waals surface area contributed by atoms with Crippen LogP contribution in [0, 0.1) is 5.41 Å². The molecule has 7 heteroatoms. The number of carbonyl (C=O) groups is 2. The van der Waals surface area contributed by atoms with Crippen molar-refractivity contribution in [3.05, 3.63) is 60.2 Å². The summed E-state index contributed by atoms with van der Waals surface area (Å²) in [6.07, 6.45) is 0. The number of aliphatic hydroxyl groups is 3. The molecule has 27 heavy (non-hydrogen) atoms. The molecule has 3 N–H and O–H groups in total. The monoisotopic (exact) mass is 380 g/mol. The van der Waals surface area contributed by atoms with Crippen molar-refractivity contribution in [1.82, 2.24) is 0 Å². The van der Waals surface area contributed by atoms with Crippen LogP contribution in [0.15, 0.2) is 54.6 Å². The average molecular weight is 380 g/mol. The number of hydrogen-bond acceptors (Lipinski definition) is 7. The van der Waals surface area contributed by atoms with Crippen LogP contribution in [-0.2, 0) is 25.7 Å². The molecule has 0 amide bonds. The summed E-state index contributed by atoms with van der Waals surface area (Å²) >= 11 is 0. The zero-order valence-corrected chi connectivity index (χ0v) is 15.8. The number of benzene rings is 1. The summed E-state index contributed by atoms with van der Waals surface area (Å²) in [5, 5.41) is 26.7. The Hall–Kier alpha value is -2.48. The van der Waals surface area contributed by atoms with Gasteiger partial charge < -0.3 is 24.8 Å². The maximum atomic E-state index is 11.0.